The van der Waals surface area contributed by atoms with E-state index < -0.39 is 0 Å². The van der Waals surface area contributed by atoms with Crippen LogP contribution in [0.15, 0.2) is 12.3 Å². The lowest BCUT2D eigenvalue weighted by atomic mass is 9.91. The highest BCUT2D eigenvalue weighted by Gasteiger charge is 2.37. The van der Waals surface area contributed by atoms with Crippen LogP contribution in [-0.4, -0.2) is 48.6 Å². The number of hydrogen-bond acceptors (Lipinski definition) is 5. The van der Waals surface area contributed by atoms with Gasteiger partial charge in [0.05, 0.1) is 25.7 Å². The number of aryl methyl sites for hydroxylation is 1. The van der Waals surface area contributed by atoms with E-state index in [1.165, 1.54) is 7.11 Å². The van der Waals surface area contributed by atoms with Gasteiger partial charge < -0.3 is 14.4 Å². The second-order valence-electron chi connectivity index (χ2n) is 5.83. The van der Waals surface area contributed by atoms with Gasteiger partial charge >= 0.3 is 5.97 Å². The third kappa shape index (κ3) is 2.53. The summed E-state index contributed by atoms with van der Waals surface area (Å²) >= 11 is 0. The molecule has 2 aliphatic heterocycles. The second kappa shape index (κ2) is 5.94. The quantitative estimate of drug-likeness (QED) is 0.773. The first-order valence-electron chi connectivity index (χ1n) is 7.55. The van der Waals surface area contributed by atoms with E-state index in [-0.39, 0.29) is 23.8 Å². The molecule has 6 heteroatoms. The zero-order valence-electron chi connectivity index (χ0n) is 12.9. The molecule has 0 spiro atoms. The van der Waals surface area contributed by atoms with Crippen LogP contribution in [0.2, 0.25) is 0 Å². The summed E-state index contributed by atoms with van der Waals surface area (Å²) in [6.45, 7) is 0.432. The second-order valence-corrected chi connectivity index (χ2v) is 5.83. The van der Waals surface area contributed by atoms with E-state index in [0.717, 1.165) is 31.2 Å². The van der Waals surface area contributed by atoms with Gasteiger partial charge in [-0.1, -0.05) is 0 Å². The van der Waals surface area contributed by atoms with E-state index in [1.54, 1.807) is 13.3 Å². The van der Waals surface area contributed by atoms with Gasteiger partial charge in [0.25, 0.3) is 5.91 Å². The molecule has 1 aromatic heterocycles. The van der Waals surface area contributed by atoms with Gasteiger partial charge in [-0.25, -0.2) is 4.98 Å². The molecule has 0 bridgehead atoms. The van der Waals surface area contributed by atoms with Crippen LogP contribution in [0, 0.1) is 5.92 Å². The number of methoxy groups -OCH3 is 2. The molecule has 118 valence electrons. The third-order valence-electron chi connectivity index (χ3n) is 4.65. The van der Waals surface area contributed by atoms with Crippen LogP contribution < -0.4 is 4.74 Å². The molecule has 0 radical (unpaired) electrons. The van der Waals surface area contributed by atoms with E-state index in [2.05, 4.69) is 4.98 Å². The Morgan fingerprint density at radius 3 is 2.86 bits per heavy atom. The van der Waals surface area contributed by atoms with Gasteiger partial charge in [-0.2, -0.15) is 0 Å². The smallest absolute Gasteiger partial charge is 0.310 e. The number of hydrogen-bond donors (Lipinski definition) is 0. The van der Waals surface area contributed by atoms with Gasteiger partial charge in [-0.15, -0.1) is 0 Å². The molecule has 1 amide bonds. The van der Waals surface area contributed by atoms with Gasteiger partial charge in [0.15, 0.2) is 0 Å². The minimum atomic E-state index is -0.233. The molecule has 2 atom stereocenters. The molecule has 22 heavy (non-hydrogen) atoms. The van der Waals surface area contributed by atoms with E-state index in [4.69, 9.17) is 9.47 Å². The van der Waals surface area contributed by atoms with E-state index >= 15 is 0 Å². The molecule has 3 rings (SSSR count). The number of pyridine rings is 1. The maximum atomic E-state index is 12.8. The lowest BCUT2D eigenvalue weighted by Gasteiger charge is -2.37. The van der Waals surface area contributed by atoms with Crippen molar-refractivity contribution in [3.63, 3.8) is 0 Å². The molecule has 1 fully saturated rings. The fourth-order valence-corrected chi connectivity index (χ4v) is 3.40. The van der Waals surface area contributed by atoms with Crippen molar-refractivity contribution in [1.29, 1.82) is 0 Å². The number of nitrogens with zero attached hydrogens (tertiary/aromatic N) is 2. The van der Waals surface area contributed by atoms with Gasteiger partial charge in [0, 0.05) is 24.8 Å². The SMILES string of the molecule is COC(=O)[C@H]1CC[C@H]2CCc3cc(OC)ncc3C(=O)N2C1. The Morgan fingerprint density at radius 1 is 1.32 bits per heavy atom. The molecular formula is C16H20N2O4. The molecular weight excluding hydrogens is 284 g/mol. The van der Waals surface area contributed by atoms with Crippen LogP contribution in [0.3, 0.4) is 0 Å². The number of aromatic nitrogens is 1. The predicted molar refractivity (Wildman–Crippen MR) is 78.7 cm³/mol. The molecule has 0 saturated carbocycles. The Kier molecular flexibility index (Phi) is 4.00. The van der Waals surface area contributed by atoms with Crippen molar-refractivity contribution in [1.82, 2.24) is 9.88 Å². The van der Waals surface area contributed by atoms with Crippen molar-refractivity contribution in [3.8, 4) is 5.88 Å². The van der Waals surface area contributed by atoms with E-state index in [0.29, 0.717) is 18.0 Å². The topological polar surface area (TPSA) is 68.7 Å². The number of amides is 1. The number of fused-ring (bicyclic) bond motifs is 2. The number of esters is 1. The van der Waals surface area contributed by atoms with Gasteiger partial charge in [-0.05, 0) is 31.2 Å². The first-order valence-corrected chi connectivity index (χ1v) is 7.55. The predicted octanol–water partition coefficient (Wildman–Crippen LogP) is 1.43. The lowest BCUT2D eigenvalue weighted by molar-refractivity contribution is -0.147. The first kappa shape index (κ1) is 14.8. The monoisotopic (exact) mass is 304 g/mol. The van der Waals surface area contributed by atoms with E-state index in [1.807, 2.05) is 11.0 Å². The van der Waals surface area contributed by atoms with Crippen molar-refractivity contribution in [3.05, 3.63) is 23.4 Å². The van der Waals surface area contributed by atoms with Gasteiger partial charge in [0.1, 0.15) is 0 Å². The summed E-state index contributed by atoms with van der Waals surface area (Å²) in [5.74, 6) is 0.0293. The van der Waals surface area contributed by atoms with Crippen molar-refractivity contribution in [2.75, 3.05) is 20.8 Å². The maximum absolute atomic E-state index is 12.8. The van der Waals surface area contributed by atoms with Crippen LogP contribution in [0.5, 0.6) is 5.88 Å². The Hall–Kier alpha value is -2.11. The van der Waals surface area contributed by atoms with Crippen LogP contribution in [0.25, 0.3) is 0 Å². The van der Waals surface area contributed by atoms with Crippen LogP contribution in [-0.2, 0) is 16.0 Å². The van der Waals surface area contributed by atoms with Crippen molar-refractivity contribution in [2.45, 2.75) is 31.7 Å². The van der Waals surface area contributed by atoms with Gasteiger partial charge in [-0.3, -0.25) is 9.59 Å². The zero-order chi connectivity index (χ0) is 15.7. The summed E-state index contributed by atoms with van der Waals surface area (Å²) in [6.07, 6.45) is 4.92. The van der Waals surface area contributed by atoms with Crippen molar-refractivity contribution >= 4 is 11.9 Å². The number of piperidine rings is 1. The Balaban J connectivity index is 1.88. The highest BCUT2D eigenvalue weighted by molar-refractivity contribution is 5.96. The standard InChI is InChI=1S/C16H20N2O4/c1-21-14-7-10-3-5-12-6-4-11(16(20)22-2)9-18(12)15(19)13(10)8-17-14/h7-8,11-12H,3-6,9H2,1-2H3/t11-,12+/m0/s1. The third-order valence-corrected chi connectivity index (χ3v) is 4.65. The minimum Gasteiger partial charge on any atom is -0.481 e. The first-order chi connectivity index (χ1) is 10.6. The lowest BCUT2D eigenvalue weighted by Crippen LogP contribution is -2.48. The van der Waals surface area contributed by atoms with Crippen LogP contribution in [0.4, 0.5) is 0 Å². The summed E-state index contributed by atoms with van der Waals surface area (Å²) in [4.78, 5) is 30.6. The van der Waals surface area contributed by atoms with Crippen LogP contribution in [0.1, 0.15) is 35.2 Å². The summed E-state index contributed by atoms with van der Waals surface area (Å²) in [7, 11) is 2.96. The highest BCUT2D eigenvalue weighted by Crippen LogP contribution is 2.31. The Bertz CT molecular complexity index is 602. The Labute approximate surface area is 129 Å². The molecule has 6 nitrogen and oxygen atoms in total. The molecule has 0 unspecified atom stereocenters. The number of ether oxygens (including phenoxy) is 2. The number of carbonyl (C=O) groups excluding carboxylic acids is 2. The fourth-order valence-electron chi connectivity index (χ4n) is 3.40. The highest BCUT2D eigenvalue weighted by atomic mass is 16.5. The number of rotatable bonds is 2. The summed E-state index contributed by atoms with van der Waals surface area (Å²) in [5.41, 5.74) is 1.59. The van der Waals surface area contributed by atoms with Crippen molar-refractivity contribution in [2.24, 2.45) is 5.92 Å². The molecule has 3 heterocycles. The summed E-state index contributed by atoms with van der Waals surface area (Å²) in [6, 6.07) is 2.02. The average Bonchev–Trinajstić information content (AvgIpc) is 2.70. The fraction of sp³-hybridized carbons (Fsp3) is 0.562. The molecule has 0 N–H and O–H groups in total. The Morgan fingerprint density at radius 2 is 2.14 bits per heavy atom. The zero-order valence-corrected chi connectivity index (χ0v) is 12.9. The minimum absolute atomic E-state index is 0.0405. The summed E-state index contributed by atoms with van der Waals surface area (Å²) in [5, 5.41) is 0. The average molecular weight is 304 g/mol. The molecule has 2 aliphatic rings. The molecule has 0 aromatic carbocycles. The molecule has 1 saturated heterocycles. The molecule has 1 aromatic rings. The largest absolute Gasteiger partial charge is 0.481 e. The number of carbonyl (C=O) groups is 2. The molecule has 0 aliphatic carbocycles. The summed E-state index contributed by atoms with van der Waals surface area (Å²) < 4.78 is 9.97. The van der Waals surface area contributed by atoms with E-state index in [9.17, 15) is 9.59 Å². The maximum Gasteiger partial charge on any atom is 0.310 e. The normalized spacial score (nSPS) is 24.1. The van der Waals surface area contributed by atoms with Crippen LogP contribution >= 0.6 is 0 Å². The van der Waals surface area contributed by atoms with Gasteiger partial charge in [0.2, 0.25) is 5.88 Å². The van der Waals surface area contributed by atoms with Crippen molar-refractivity contribution < 1.29 is 19.1 Å².